The zero-order chi connectivity index (χ0) is 16.5. The number of pyridine rings is 2. The highest BCUT2D eigenvalue weighted by atomic mass is 32.1. The number of aromatic nitrogens is 4. The second kappa shape index (κ2) is 6.14. The number of hydrogen-bond acceptors (Lipinski definition) is 8. The SMILES string of the molecule is COc1cc(-c2nc3sc(-c4ccnc(OC)c4)nc3s2)ccn1. The Morgan fingerprint density at radius 2 is 1.21 bits per heavy atom. The summed E-state index contributed by atoms with van der Waals surface area (Å²) >= 11 is 3.11. The minimum Gasteiger partial charge on any atom is -0.481 e. The number of hydrogen-bond donors (Lipinski definition) is 0. The Morgan fingerprint density at radius 1 is 0.750 bits per heavy atom. The molecule has 4 aromatic heterocycles. The van der Waals surface area contributed by atoms with Gasteiger partial charge in [-0.15, -0.1) is 0 Å². The highest BCUT2D eigenvalue weighted by Crippen LogP contribution is 2.37. The van der Waals surface area contributed by atoms with E-state index in [0.717, 1.165) is 30.8 Å². The molecule has 0 N–H and O–H groups in total. The van der Waals surface area contributed by atoms with Crippen LogP contribution in [0.1, 0.15) is 0 Å². The summed E-state index contributed by atoms with van der Waals surface area (Å²) in [6, 6.07) is 7.58. The summed E-state index contributed by atoms with van der Waals surface area (Å²) < 4.78 is 10.3. The van der Waals surface area contributed by atoms with E-state index in [2.05, 4.69) is 9.97 Å². The van der Waals surface area contributed by atoms with Gasteiger partial charge in [-0.3, -0.25) is 0 Å². The van der Waals surface area contributed by atoms with Crippen molar-refractivity contribution in [2.45, 2.75) is 0 Å². The summed E-state index contributed by atoms with van der Waals surface area (Å²) in [5.41, 5.74) is 1.95. The van der Waals surface area contributed by atoms with Crippen LogP contribution in [0, 0.1) is 0 Å². The van der Waals surface area contributed by atoms with Crippen LogP contribution in [0.3, 0.4) is 0 Å². The zero-order valence-corrected chi connectivity index (χ0v) is 14.5. The Hall–Kier alpha value is -2.58. The predicted octanol–water partition coefficient (Wildman–Crippen LogP) is 3.89. The molecule has 4 aromatic rings. The molecule has 4 heterocycles. The van der Waals surface area contributed by atoms with Crippen molar-refractivity contribution < 1.29 is 9.47 Å². The molecule has 24 heavy (non-hydrogen) atoms. The molecule has 0 aromatic carbocycles. The first-order chi connectivity index (χ1) is 11.8. The molecule has 0 saturated heterocycles. The van der Waals surface area contributed by atoms with Crippen LogP contribution in [0.5, 0.6) is 11.8 Å². The summed E-state index contributed by atoms with van der Waals surface area (Å²) in [7, 11) is 3.20. The van der Waals surface area contributed by atoms with Crippen LogP contribution in [-0.4, -0.2) is 34.2 Å². The molecule has 0 aliphatic rings. The summed E-state index contributed by atoms with van der Waals surface area (Å²) in [4.78, 5) is 19.4. The molecule has 0 aliphatic carbocycles. The molecule has 0 bridgehead atoms. The fourth-order valence-corrected chi connectivity index (χ4v) is 4.23. The molecule has 8 heteroatoms. The number of methoxy groups -OCH3 is 2. The van der Waals surface area contributed by atoms with E-state index < -0.39 is 0 Å². The third-order valence-corrected chi connectivity index (χ3v) is 5.48. The van der Waals surface area contributed by atoms with Crippen molar-refractivity contribution in [2.75, 3.05) is 14.2 Å². The van der Waals surface area contributed by atoms with Crippen LogP contribution >= 0.6 is 22.7 Å². The smallest absolute Gasteiger partial charge is 0.213 e. The number of nitrogens with zero attached hydrogens (tertiary/aromatic N) is 4. The quantitative estimate of drug-likeness (QED) is 0.552. The summed E-state index contributed by atoms with van der Waals surface area (Å²) in [6.07, 6.45) is 3.43. The lowest BCUT2D eigenvalue weighted by atomic mass is 10.3. The van der Waals surface area contributed by atoms with E-state index in [1.807, 2.05) is 24.3 Å². The third kappa shape index (κ3) is 2.70. The number of ether oxygens (including phenoxy) is 2. The van der Waals surface area contributed by atoms with Crippen molar-refractivity contribution in [3.63, 3.8) is 0 Å². The molecule has 120 valence electrons. The van der Waals surface area contributed by atoms with Gasteiger partial charge in [0.25, 0.3) is 0 Å². The van der Waals surface area contributed by atoms with Crippen LogP contribution in [-0.2, 0) is 0 Å². The van der Waals surface area contributed by atoms with Crippen LogP contribution < -0.4 is 9.47 Å². The Labute approximate surface area is 145 Å². The van der Waals surface area contributed by atoms with E-state index in [4.69, 9.17) is 19.4 Å². The minimum absolute atomic E-state index is 0.573. The maximum Gasteiger partial charge on any atom is 0.213 e. The van der Waals surface area contributed by atoms with Gasteiger partial charge in [-0.05, 0) is 12.1 Å². The lowest BCUT2D eigenvalue weighted by Crippen LogP contribution is -1.87. The van der Waals surface area contributed by atoms with E-state index in [1.54, 1.807) is 49.3 Å². The minimum atomic E-state index is 0.573. The first-order valence-corrected chi connectivity index (χ1v) is 8.68. The van der Waals surface area contributed by atoms with E-state index in [9.17, 15) is 0 Å². The van der Waals surface area contributed by atoms with Crippen molar-refractivity contribution in [3.05, 3.63) is 36.7 Å². The molecule has 0 saturated carbocycles. The van der Waals surface area contributed by atoms with Crippen LogP contribution in [0.25, 0.3) is 30.8 Å². The average molecular weight is 356 g/mol. The van der Waals surface area contributed by atoms with Crippen LogP contribution in [0.4, 0.5) is 0 Å². The third-order valence-electron chi connectivity index (χ3n) is 3.36. The molecular formula is C16H12N4O2S2. The highest BCUT2D eigenvalue weighted by molar-refractivity contribution is 7.29. The Kier molecular flexibility index (Phi) is 3.83. The van der Waals surface area contributed by atoms with Gasteiger partial charge in [-0.1, -0.05) is 22.7 Å². The van der Waals surface area contributed by atoms with Gasteiger partial charge in [0.05, 0.1) is 14.2 Å². The second-order valence-electron chi connectivity index (χ2n) is 4.82. The molecule has 6 nitrogen and oxygen atoms in total. The maximum atomic E-state index is 5.17. The largest absolute Gasteiger partial charge is 0.481 e. The molecule has 0 spiro atoms. The van der Waals surface area contributed by atoms with Crippen molar-refractivity contribution in [3.8, 4) is 32.9 Å². The first-order valence-electron chi connectivity index (χ1n) is 7.05. The standard InChI is InChI=1S/C16H12N4O2S2/c1-21-11-7-9(3-5-17-11)13-19-15-16(23-13)20-14(24-15)10-4-6-18-12(8-10)22-2/h3-8H,1-2H3. The molecule has 4 rings (SSSR count). The molecular weight excluding hydrogens is 344 g/mol. The maximum absolute atomic E-state index is 5.17. The van der Waals surface area contributed by atoms with Gasteiger partial charge in [0.1, 0.15) is 10.0 Å². The van der Waals surface area contributed by atoms with Gasteiger partial charge < -0.3 is 9.47 Å². The molecule has 0 atom stereocenters. The fraction of sp³-hybridized carbons (Fsp3) is 0.125. The van der Waals surface area contributed by atoms with E-state index >= 15 is 0 Å². The Bertz CT molecular complexity index is 904. The van der Waals surface area contributed by atoms with Gasteiger partial charge >= 0.3 is 0 Å². The van der Waals surface area contributed by atoms with Crippen molar-refractivity contribution >= 4 is 32.3 Å². The van der Waals surface area contributed by atoms with Crippen LogP contribution in [0.2, 0.25) is 0 Å². The first kappa shape index (κ1) is 15.0. The summed E-state index contributed by atoms with van der Waals surface area (Å²) in [5.74, 6) is 1.15. The molecule has 0 amide bonds. The lowest BCUT2D eigenvalue weighted by Gasteiger charge is -2.00. The summed E-state index contributed by atoms with van der Waals surface area (Å²) in [6.45, 7) is 0. The molecule has 0 aliphatic heterocycles. The zero-order valence-electron chi connectivity index (χ0n) is 12.9. The van der Waals surface area contributed by atoms with Crippen molar-refractivity contribution in [1.82, 2.24) is 19.9 Å². The van der Waals surface area contributed by atoms with Crippen LogP contribution in [0.15, 0.2) is 36.7 Å². The molecule has 0 fully saturated rings. The number of fused-ring (bicyclic) bond motifs is 1. The molecule has 0 unspecified atom stereocenters. The van der Waals surface area contributed by atoms with Gasteiger partial charge in [0.2, 0.25) is 11.8 Å². The van der Waals surface area contributed by atoms with E-state index in [-0.39, 0.29) is 0 Å². The second-order valence-corrected chi connectivity index (χ2v) is 6.78. The Morgan fingerprint density at radius 3 is 1.62 bits per heavy atom. The van der Waals surface area contributed by atoms with E-state index in [1.165, 1.54) is 0 Å². The van der Waals surface area contributed by atoms with Gasteiger partial charge in [0, 0.05) is 35.7 Å². The topological polar surface area (TPSA) is 70.0 Å². The Balaban J connectivity index is 1.72. The fourth-order valence-electron chi connectivity index (χ4n) is 2.20. The van der Waals surface area contributed by atoms with Gasteiger partial charge in [-0.2, -0.15) is 0 Å². The van der Waals surface area contributed by atoms with E-state index in [0.29, 0.717) is 11.8 Å². The monoisotopic (exact) mass is 356 g/mol. The summed E-state index contributed by atoms with van der Waals surface area (Å²) in [5, 5.41) is 1.81. The highest BCUT2D eigenvalue weighted by Gasteiger charge is 2.14. The lowest BCUT2D eigenvalue weighted by molar-refractivity contribution is 0.398. The average Bonchev–Trinajstić information content (AvgIpc) is 3.21. The van der Waals surface area contributed by atoms with Crippen molar-refractivity contribution in [2.24, 2.45) is 0 Å². The van der Waals surface area contributed by atoms with Crippen molar-refractivity contribution in [1.29, 1.82) is 0 Å². The van der Waals surface area contributed by atoms with Gasteiger partial charge in [-0.25, -0.2) is 19.9 Å². The normalized spacial score (nSPS) is 10.9. The molecule has 0 radical (unpaired) electrons. The number of rotatable bonds is 4. The number of thiazole rings is 2. The van der Waals surface area contributed by atoms with Gasteiger partial charge in [0.15, 0.2) is 9.66 Å². The predicted molar refractivity (Wildman–Crippen MR) is 94.9 cm³/mol.